The topological polar surface area (TPSA) is 9.23 Å². The van der Waals surface area contributed by atoms with E-state index >= 15 is 0 Å². The predicted octanol–water partition coefficient (Wildman–Crippen LogP) is 9.62. The van der Waals surface area contributed by atoms with Crippen molar-refractivity contribution in [1.29, 1.82) is 0 Å². The summed E-state index contributed by atoms with van der Waals surface area (Å²) in [4.78, 5) is 0. The predicted molar refractivity (Wildman–Crippen MR) is 132 cm³/mol. The Hall–Kier alpha value is 0.177. The third-order valence-electron chi connectivity index (χ3n) is 6.19. The van der Waals surface area contributed by atoms with E-state index in [1.807, 2.05) is 0 Å². The molecule has 170 valence electrons. The summed E-state index contributed by atoms with van der Waals surface area (Å²) in [5, 5.41) is 0. The fraction of sp³-hybridized carbons (Fsp3) is 1.00. The first-order valence-electron chi connectivity index (χ1n) is 12.9. The lowest BCUT2D eigenvalue weighted by molar-refractivity contribution is 0.312. The quantitative estimate of drug-likeness (QED) is 0.143. The average Bonchev–Trinajstić information content (AvgIpc) is 2.60. The Labute approximate surface area is 180 Å². The van der Waals surface area contributed by atoms with Gasteiger partial charge in [-0.3, -0.25) is 0 Å². The molecular weight excluding hydrogens is 356 g/mol. The Balaban J connectivity index is 4.51. The van der Waals surface area contributed by atoms with Gasteiger partial charge in [-0.15, -0.1) is 0 Å². The second-order valence-corrected chi connectivity index (χ2v) is 14.8. The molecule has 0 heterocycles. The SMILES string of the molecule is CCO[Si](CCCCCC(C)C)(CCCCCC(C)C)CCCCCC(C)C. The average molecular weight is 413 g/mol. The highest BCUT2D eigenvalue weighted by atomic mass is 28.4. The van der Waals surface area contributed by atoms with E-state index in [0.717, 1.165) is 24.4 Å². The van der Waals surface area contributed by atoms with E-state index in [9.17, 15) is 0 Å². The van der Waals surface area contributed by atoms with E-state index in [0.29, 0.717) is 0 Å². The summed E-state index contributed by atoms with van der Waals surface area (Å²) < 4.78 is 6.65. The highest BCUT2D eigenvalue weighted by Crippen LogP contribution is 2.31. The molecular formula is C26H56OSi. The van der Waals surface area contributed by atoms with Gasteiger partial charge in [0.2, 0.25) is 0 Å². The molecule has 0 aromatic rings. The number of rotatable bonds is 20. The van der Waals surface area contributed by atoms with Gasteiger partial charge in [-0.25, -0.2) is 0 Å². The molecule has 0 bridgehead atoms. The van der Waals surface area contributed by atoms with Crippen LogP contribution in [0, 0.1) is 17.8 Å². The first-order chi connectivity index (χ1) is 13.3. The summed E-state index contributed by atoms with van der Waals surface area (Å²) in [6.07, 6.45) is 16.9. The zero-order chi connectivity index (χ0) is 21.3. The van der Waals surface area contributed by atoms with Crippen LogP contribution in [-0.4, -0.2) is 14.9 Å². The molecule has 0 rings (SSSR count). The van der Waals surface area contributed by atoms with E-state index in [4.69, 9.17) is 4.43 Å². The Morgan fingerprint density at radius 3 is 1.07 bits per heavy atom. The van der Waals surface area contributed by atoms with Crippen molar-refractivity contribution in [3.05, 3.63) is 0 Å². The van der Waals surface area contributed by atoms with Gasteiger partial charge in [0.25, 0.3) is 0 Å². The van der Waals surface area contributed by atoms with Crippen LogP contribution in [0.2, 0.25) is 18.1 Å². The Bertz CT molecular complexity index is 279. The van der Waals surface area contributed by atoms with Crippen LogP contribution in [0.4, 0.5) is 0 Å². The maximum Gasteiger partial charge on any atom is 0.192 e. The van der Waals surface area contributed by atoms with E-state index in [-0.39, 0.29) is 0 Å². The number of hydrogen-bond donors (Lipinski definition) is 0. The minimum absolute atomic E-state index is 0.857. The van der Waals surface area contributed by atoms with E-state index in [1.54, 1.807) is 0 Å². The minimum Gasteiger partial charge on any atom is -0.417 e. The van der Waals surface area contributed by atoms with Crippen molar-refractivity contribution in [1.82, 2.24) is 0 Å². The lowest BCUT2D eigenvalue weighted by Gasteiger charge is -2.32. The number of hydrogen-bond acceptors (Lipinski definition) is 1. The zero-order valence-electron chi connectivity index (χ0n) is 21.0. The van der Waals surface area contributed by atoms with Crippen LogP contribution in [0.25, 0.3) is 0 Å². The van der Waals surface area contributed by atoms with Gasteiger partial charge in [-0.05, 0) is 42.8 Å². The third-order valence-corrected chi connectivity index (χ3v) is 10.9. The van der Waals surface area contributed by atoms with Crippen molar-refractivity contribution >= 4 is 8.32 Å². The molecule has 0 radical (unpaired) electrons. The van der Waals surface area contributed by atoms with Crippen LogP contribution in [0.3, 0.4) is 0 Å². The molecule has 0 aromatic carbocycles. The Morgan fingerprint density at radius 1 is 0.500 bits per heavy atom. The van der Waals surface area contributed by atoms with Crippen LogP contribution in [-0.2, 0) is 4.43 Å². The fourth-order valence-corrected chi connectivity index (χ4v) is 8.91. The second kappa shape index (κ2) is 18.0. The smallest absolute Gasteiger partial charge is 0.192 e. The first-order valence-corrected chi connectivity index (χ1v) is 15.5. The van der Waals surface area contributed by atoms with Crippen LogP contribution in [0.15, 0.2) is 0 Å². The van der Waals surface area contributed by atoms with Gasteiger partial charge in [0.1, 0.15) is 0 Å². The highest BCUT2D eigenvalue weighted by molar-refractivity contribution is 6.73. The normalized spacial score (nSPS) is 12.6. The Morgan fingerprint density at radius 2 is 0.821 bits per heavy atom. The summed E-state index contributed by atoms with van der Waals surface area (Å²) in [6, 6.07) is 4.27. The summed E-state index contributed by atoms with van der Waals surface area (Å²) in [7, 11) is -1.53. The van der Waals surface area contributed by atoms with E-state index < -0.39 is 8.32 Å². The maximum absolute atomic E-state index is 6.65. The van der Waals surface area contributed by atoms with Crippen molar-refractivity contribution in [2.45, 2.75) is 144 Å². The van der Waals surface area contributed by atoms with Crippen molar-refractivity contribution in [2.24, 2.45) is 17.8 Å². The molecule has 0 spiro atoms. The van der Waals surface area contributed by atoms with Crippen molar-refractivity contribution < 1.29 is 4.43 Å². The van der Waals surface area contributed by atoms with Gasteiger partial charge in [-0.2, -0.15) is 0 Å². The summed E-state index contributed by atoms with van der Waals surface area (Å²) in [5.74, 6) is 2.57. The monoisotopic (exact) mass is 412 g/mol. The molecule has 0 aliphatic heterocycles. The molecule has 0 saturated heterocycles. The standard InChI is InChI=1S/C26H56OSi/c1-8-27-28(21-15-9-12-18-24(2)3,22-16-10-13-19-25(4)5)23-17-11-14-20-26(6)7/h24-26H,8-23H2,1-7H3. The Kier molecular flexibility index (Phi) is 18.1. The molecule has 2 heteroatoms. The van der Waals surface area contributed by atoms with Crippen molar-refractivity contribution in [2.75, 3.05) is 6.61 Å². The van der Waals surface area contributed by atoms with Crippen LogP contribution in [0.5, 0.6) is 0 Å². The van der Waals surface area contributed by atoms with Gasteiger partial charge >= 0.3 is 0 Å². The van der Waals surface area contributed by atoms with Crippen molar-refractivity contribution in [3.63, 3.8) is 0 Å². The lowest BCUT2D eigenvalue weighted by atomic mass is 10.1. The van der Waals surface area contributed by atoms with Gasteiger partial charge in [-0.1, -0.05) is 119 Å². The fourth-order valence-electron chi connectivity index (χ4n) is 4.43. The molecule has 0 aromatic heterocycles. The van der Waals surface area contributed by atoms with Crippen LogP contribution >= 0.6 is 0 Å². The third kappa shape index (κ3) is 17.1. The van der Waals surface area contributed by atoms with Gasteiger partial charge in [0, 0.05) is 6.61 Å². The molecule has 0 N–H and O–H groups in total. The molecule has 1 nitrogen and oxygen atoms in total. The molecule has 0 saturated carbocycles. The molecule has 0 unspecified atom stereocenters. The summed E-state index contributed by atoms with van der Waals surface area (Å²) >= 11 is 0. The van der Waals surface area contributed by atoms with Gasteiger partial charge in [0.15, 0.2) is 8.32 Å². The molecule has 0 fully saturated rings. The zero-order valence-corrected chi connectivity index (χ0v) is 22.0. The van der Waals surface area contributed by atoms with Crippen LogP contribution in [0.1, 0.15) is 126 Å². The van der Waals surface area contributed by atoms with E-state index in [2.05, 4.69) is 48.5 Å². The largest absolute Gasteiger partial charge is 0.417 e. The van der Waals surface area contributed by atoms with E-state index in [1.165, 1.54) is 95.2 Å². The molecule has 0 aliphatic rings. The van der Waals surface area contributed by atoms with Gasteiger partial charge in [0.05, 0.1) is 0 Å². The maximum atomic E-state index is 6.65. The summed E-state index contributed by atoms with van der Waals surface area (Å²) in [5.41, 5.74) is 0. The highest BCUT2D eigenvalue weighted by Gasteiger charge is 2.32. The van der Waals surface area contributed by atoms with Crippen molar-refractivity contribution in [3.8, 4) is 0 Å². The molecule has 0 amide bonds. The molecule has 0 aliphatic carbocycles. The first kappa shape index (κ1) is 28.2. The van der Waals surface area contributed by atoms with Crippen LogP contribution < -0.4 is 0 Å². The second-order valence-electron chi connectivity index (χ2n) is 10.6. The lowest BCUT2D eigenvalue weighted by Crippen LogP contribution is -2.38. The molecule has 0 atom stereocenters. The minimum atomic E-state index is -1.53. The molecule has 28 heavy (non-hydrogen) atoms. The van der Waals surface area contributed by atoms with Gasteiger partial charge < -0.3 is 4.43 Å². The number of unbranched alkanes of at least 4 members (excludes halogenated alkanes) is 6. The summed E-state index contributed by atoms with van der Waals surface area (Å²) in [6.45, 7) is 17.3.